The summed E-state index contributed by atoms with van der Waals surface area (Å²) < 4.78 is 12.5. The number of anilines is 3. The normalized spacial score (nSPS) is 11.5. The molecule has 3 nitrogen and oxygen atoms in total. The van der Waals surface area contributed by atoms with E-state index in [0.717, 1.165) is 105 Å². The van der Waals surface area contributed by atoms with E-state index in [1.165, 1.54) is 11.1 Å². The Balaban J connectivity index is 0.978. The maximum Gasteiger partial charge on any atom is 0.135 e. The van der Waals surface area contributed by atoms with Crippen LogP contribution in [0.4, 0.5) is 17.1 Å². The highest BCUT2D eigenvalue weighted by atomic mass is 16.3. The minimum atomic E-state index is 0.887. The summed E-state index contributed by atoms with van der Waals surface area (Å²) in [4.78, 5) is 2.34. The molecular weight excluding hydrogens is 767 g/mol. The van der Waals surface area contributed by atoms with Gasteiger partial charge in [-0.2, -0.15) is 0 Å². The van der Waals surface area contributed by atoms with Crippen LogP contribution in [0.2, 0.25) is 0 Å². The Morgan fingerprint density at radius 2 is 0.556 bits per heavy atom. The zero-order chi connectivity index (χ0) is 41.7. The van der Waals surface area contributed by atoms with E-state index < -0.39 is 0 Å². The van der Waals surface area contributed by atoms with Gasteiger partial charge in [-0.15, -0.1) is 0 Å². The van der Waals surface area contributed by atoms with Gasteiger partial charge in [0.25, 0.3) is 0 Å². The van der Waals surface area contributed by atoms with E-state index in [1.807, 2.05) is 24.3 Å². The van der Waals surface area contributed by atoms with Crippen LogP contribution in [0.15, 0.2) is 245 Å². The molecule has 0 saturated heterocycles. The molecule has 0 aliphatic carbocycles. The van der Waals surface area contributed by atoms with Crippen molar-refractivity contribution >= 4 is 60.9 Å². The lowest BCUT2D eigenvalue weighted by Crippen LogP contribution is -2.10. The summed E-state index contributed by atoms with van der Waals surface area (Å²) in [6, 6.07) is 84.4. The number of hydrogen-bond acceptors (Lipinski definition) is 3. The van der Waals surface area contributed by atoms with Crippen molar-refractivity contribution in [2.24, 2.45) is 0 Å². The highest BCUT2D eigenvalue weighted by Crippen LogP contribution is 2.41. The van der Waals surface area contributed by atoms with Crippen LogP contribution in [0.1, 0.15) is 0 Å². The van der Waals surface area contributed by atoms with Crippen LogP contribution in [0, 0.1) is 0 Å². The first kappa shape index (κ1) is 36.5. The van der Waals surface area contributed by atoms with Crippen molar-refractivity contribution < 1.29 is 8.83 Å². The van der Waals surface area contributed by atoms with E-state index in [9.17, 15) is 0 Å². The molecule has 2 aromatic heterocycles. The standard InChI is InChI=1S/C60H39NO2/c1-3-14-40(15-4-1)43-18-12-22-51(36-43)61(50-20-5-2-6-21-50)52-23-13-19-44(37-52)41-16-11-17-42(32-41)47-33-48(45-28-30-59-55(38-45)53-24-7-9-26-57(53)62-59)35-49(34-47)46-29-31-60-56(39-46)54-25-8-10-27-58(54)63-60/h1-39H. The predicted molar refractivity (Wildman–Crippen MR) is 263 cm³/mol. The fourth-order valence-electron chi connectivity index (χ4n) is 9.12. The second-order valence-electron chi connectivity index (χ2n) is 16.1. The van der Waals surface area contributed by atoms with Crippen molar-refractivity contribution in [3.05, 3.63) is 237 Å². The quantitative estimate of drug-likeness (QED) is 0.153. The van der Waals surface area contributed by atoms with E-state index in [-0.39, 0.29) is 0 Å². The van der Waals surface area contributed by atoms with Gasteiger partial charge in [0.15, 0.2) is 0 Å². The third-order valence-corrected chi connectivity index (χ3v) is 12.2. The summed E-state index contributed by atoms with van der Waals surface area (Å²) in [7, 11) is 0. The second kappa shape index (κ2) is 15.3. The minimum Gasteiger partial charge on any atom is -0.456 e. The summed E-state index contributed by atoms with van der Waals surface area (Å²) in [6.07, 6.45) is 0. The SMILES string of the molecule is c1ccc(-c2cccc(N(c3ccccc3)c3cccc(-c4cccc(-c5cc(-c6ccc7oc8ccccc8c7c6)cc(-c6ccc7oc8ccccc8c7c6)c5)c4)c3)c2)cc1. The van der Waals surface area contributed by atoms with Crippen molar-refractivity contribution in [1.82, 2.24) is 0 Å². The van der Waals surface area contributed by atoms with Gasteiger partial charge in [0.2, 0.25) is 0 Å². The average Bonchev–Trinajstić information content (AvgIpc) is 3.93. The maximum absolute atomic E-state index is 6.24. The lowest BCUT2D eigenvalue weighted by atomic mass is 9.91. The minimum absolute atomic E-state index is 0.887. The molecule has 0 unspecified atom stereocenters. The molecule has 12 rings (SSSR count). The van der Waals surface area contributed by atoms with Crippen LogP contribution in [-0.2, 0) is 0 Å². The summed E-state index contributed by atoms with van der Waals surface area (Å²) >= 11 is 0. The van der Waals surface area contributed by atoms with E-state index in [0.29, 0.717) is 0 Å². The number of fused-ring (bicyclic) bond motifs is 6. The average molecular weight is 806 g/mol. The summed E-state index contributed by atoms with van der Waals surface area (Å²) in [5, 5.41) is 4.46. The van der Waals surface area contributed by atoms with Crippen molar-refractivity contribution in [2.75, 3.05) is 4.90 Å². The van der Waals surface area contributed by atoms with Gasteiger partial charge >= 0.3 is 0 Å². The van der Waals surface area contributed by atoms with E-state index in [2.05, 4.69) is 217 Å². The smallest absolute Gasteiger partial charge is 0.135 e. The number of rotatable bonds is 8. The number of furan rings is 2. The molecule has 0 radical (unpaired) electrons. The molecule has 0 spiro atoms. The molecule has 0 saturated carbocycles. The van der Waals surface area contributed by atoms with Gasteiger partial charge in [0, 0.05) is 38.6 Å². The number of para-hydroxylation sites is 3. The fraction of sp³-hybridized carbons (Fsp3) is 0. The highest BCUT2D eigenvalue weighted by molar-refractivity contribution is 6.08. The fourth-order valence-corrected chi connectivity index (χ4v) is 9.12. The van der Waals surface area contributed by atoms with Crippen LogP contribution in [0.5, 0.6) is 0 Å². The largest absolute Gasteiger partial charge is 0.456 e. The molecule has 0 fully saturated rings. The summed E-state index contributed by atoms with van der Waals surface area (Å²) in [5.74, 6) is 0. The summed E-state index contributed by atoms with van der Waals surface area (Å²) in [6.45, 7) is 0. The molecule has 3 heteroatoms. The topological polar surface area (TPSA) is 29.5 Å². The van der Waals surface area contributed by atoms with Crippen molar-refractivity contribution in [3.63, 3.8) is 0 Å². The molecule has 12 aromatic rings. The Hall–Kier alpha value is -8.40. The lowest BCUT2D eigenvalue weighted by molar-refractivity contribution is 0.668. The monoisotopic (exact) mass is 805 g/mol. The number of nitrogens with zero attached hydrogens (tertiary/aromatic N) is 1. The first-order valence-electron chi connectivity index (χ1n) is 21.4. The molecule has 63 heavy (non-hydrogen) atoms. The van der Waals surface area contributed by atoms with Gasteiger partial charge in [0.05, 0.1) is 0 Å². The van der Waals surface area contributed by atoms with E-state index in [1.54, 1.807) is 0 Å². The van der Waals surface area contributed by atoms with Crippen molar-refractivity contribution in [2.45, 2.75) is 0 Å². The Kier molecular flexibility index (Phi) is 8.83. The van der Waals surface area contributed by atoms with Crippen LogP contribution in [-0.4, -0.2) is 0 Å². The molecule has 0 N–H and O–H groups in total. The second-order valence-corrected chi connectivity index (χ2v) is 16.1. The van der Waals surface area contributed by atoms with Gasteiger partial charge in [-0.3, -0.25) is 0 Å². The highest BCUT2D eigenvalue weighted by Gasteiger charge is 2.17. The van der Waals surface area contributed by atoms with Crippen molar-refractivity contribution in [3.8, 4) is 55.6 Å². The molecular formula is C60H39NO2. The third-order valence-electron chi connectivity index (χ3n) is 12.2. The molecule has 2 heterocycles. The van der Waals surface area contributed by atoms with Crippen LogP contribution >= 0.6 is 0 Å². The summed E-state index contributed by atoms with van der Waals surface area (Å²) in [5.41, 5.74) is 18.3. The Labute approximate surface area is 365 Å². The van der Waals surface area contributed by atoms with Gasteiger partial charge in [-0.25, -0.2) is 0 Å². The van der Waals surface area contributed by atoms with E-state index >= 15 is 0 Å². The van der Waals surface area contributed by atoms with Gasteiger partial charge in [-0.05, 0) is 153 Å². The van der Waals surface area contributed by atoms with Gasteiger partial charge in [-0.1, -0.05) is 140 Å². The number of hydrogen-bond donors (Lipinski definition) is 0. The van der Waals surface area contributed by atoms with Crippen molar-refractivity contribution in [1.29, 1.82) is 0 Å². The van der Waals surface area contributed by atoms with Crippen LogP contribution in [0.25, 0.3) is 99.5 Å². The molecule has 0 aliphatic rings. The molecule has 0 bridgehead atoms. The maximum atomic E-state index is 6.24. The van der Waals surface area contributed by atoms with Crippen LogP contribution in [0.3, 0.4) is 0 Å². The Bertz CT molecular complexity index is 3500. The Morgan fingerprint density at radius 3 is 1.10 bits per heavy atom. The third kappa shape index (κ3) is 6.73. The van der Waals surface area contributed by atoms with Gasteiger partial charge in [0.1, 0.15) is 22.3 Å². The molecule has 0 amide bonds. The molecule has 10 aromatic carbocycles. The van der Waals surface area contributed by atoms with Gasteiger partial charge < -0.3 is 13.7 Å². The lowest BCUT2D eigenvalue weighted by Gasteiger charge is -2.26. The van der Waals surface area contributed by atoms with Crippen LogP contribution < -0.4 is 4.90 Å². The number of benzene rings is 10. The first-order valence-corrected chi connectivity index (χ1v) is 21.4. The molecule has 0 atom stereocenters. The zero-order valence-corrected chi connectivity index (χ0v) is 34.3. The Morgan fingerprint density at radius 1 is 0.206 bits per heavy atom. The molecule has 296 valence electrons. The van der Waals surface area contributed by atoms with E-state index in [4.69, 9.17) is 8.83 Å². The predicted octanol–water partition coefficient (Wildman–Crippen LogP) is 17.3. The first-order chi connectivity index (χ1) is 31.2. The zero-order valence-electron chi connectivity index (χ0n) is 34.3. The molecule has 0 aliphatic heterocycles.